The van der Waals surface area contributed by atoms with Crippen LogP contribution in [0.1, 0.15) is 28.5 Å². The van der Waals surface area contributed by atoms with Gasteiger partial charge in [0.15, 0.2) is 12.4 Å². The molecule has 0 fully saturated rings. The van der Waals surface area contributed by atoms with Gasteiger partial charge in [-0.25, -0.2) is 9.78 Å². The van der Waals surface area contributed by atoms with Crippen LogP contribution >= 0.6 is 0 Å². The molecule has 0 spiro atoms. The minimum atomic E-state index is -0.414. The number of hydrogen-bond donors (Lipinski definition) is 0. The van der Waals surface area contributed by atoms with Crippen molar-refractivity contribution < 1.29 is 35.8 Å². The maximum atomic E-state index is 12.4. The van der Waals surface area contributed by atoms with Crippen LogP contribution in [0, 0.1) is 0 Å². The number of halogens is 1. The van der Waals surface area contributed by atoms with Gasteiger partial charge in [0.2, 0.25) is 11.4 Å². The summed E-state index contributed by atoms with van der Waals surface area (Å²) < 4.78 is 12.6. The van der Waals surface area contributed by atoms with Crippen molar-refractivity contribution in [3.8, 4) is 5.69 Å². The lowest BCUT2D eigenvalue weighted by atomic mass is 10.1. The molecule has 3 aromatic rings. The van der Waals surface area contributed by atoms with E-state index in [0.717, 1.165) is 16.5 Å². The Morgan fingerprint density at radius 3 is 2.60 bits per heavy atom. The minimum Gasteiger partial charge on any atom is -1.00 e. The van der Waals surface area contributed by atoms with Crippen LogP contribution in [0.3, 0.4) is 0 Å². The van der Waals surface area contributed by atoms with Crippen molar-refractivity contribution >= 4 is 16.9 Å². The zero-order valence-corrected chi connectivity index (χ0v) is 15.3. The Morgan fingerprint density at radius 1 is 1.16 bits per heavy atom. The summed E-state index contributed by atoms with van der Waals surface area (Å²) >= 11 is 0. The molecule has 0 N–H and O–H groups in total. The Balaban J connectivity index is 0.00000182. The Bertz CT molecular complexity index is 929. The van der Waals surface area contributed by atoms with Crippen molar-refractivity contribution in [2.24, 2.45) is 0 Å². The van der Waals surface area contributed by atoms with Crippen LogP contribution < -0.4 is 21.5 Å². The summed E-state index contributed by atoms with van der Waals surface area (Å²) in [5, 5.41) is 0.985. The van der Waals surface area contributed by atoms with E-state index < -0.39 is 5.97 Å². The van der Waals surface area contributed by atoms with Gasteiger partial charge in [-0.1, -0.05) is 6.07 Å². The molecular weight excluding hydrogens is 384 g/mol. The third-order valence-electron chi connectivity index (χ3n) is 4.09. The number of hydrogen-bond acceptors (Lipinski definition) is 4. The Hall–Kier alpha value is -2.31. The standard InChI is InChI=1S/C19H17N2O3.BrH/c1-2-24-19(22)18-17(21-6-4-3-5-7-21)10-13-8-14-11-23-12-15(14)9-16(13)20-18;/h3-10H,2,11-12H2,1H3;1H/q+1;/p-1. The highest BCUT2D eigenvalue weighted by Gasteiger charge is 2.24. The molecule has 1 aliphatic rings. The van der Waals surface area contributed by atoms with Crippen molar-refractivity contribution in [1.29, 1.82) is 0 Å². The predicted octanol–water partition coefficient (Wildman–Crippen LogP) is -0.278. The molecule has 0 saturated carbocycles. The first-order valence-electron chi connectivity index (χ1n) is 7.94. The summed E-state index contributed by atoms with van der Waals surface area (Å²) in [6.45, 7) is 3.32. The van der Waals surface area contributed by atoms with Gasteiger partial charge in [0, 0.05) is 23.6 Å². The Morgan fingerprint density at radius 2 is 1.88 bits per heavy atom. The van der Waals surface area contributed by atoms with E-state index in [1.165, 1.54) is 5.56 Å². The van der Waals surface area contributed by atoms with E-state index in [1.54, 1.807) is 6.92 Å². The van der Waals surface area contributed by atoms with E-state index >= 15 is 0 Å². The molecular formula is C19H17BrN2O3. The molecule has 0 amide bonds. The van der Waals surface area contributed by atoms with Crippen LogP contribution in [0.5, 0.6) is 0 Å². The van der Waals surface area contributed by atoms with Crippen molar-refractivity contribution in [3.63, 3.8) is 0 Å². The van der Waals surface area contributed by atoms with Crippen LogP contribution in [0.15, 0.2) is 48.8 Å². The fourth-order valence-electron chi connectivity index (χ4n) is 2.95. The van der Waals surface area contributed by atoms with Gasteiger partial charge < -0.3 is 26.5 Å². The van der Waals surface area contributed by atoms with E-state index in [0.29, 0.717) is 31.2 Å². The number of ether oxygens (including phenoxy) is 2. The first-order valence-corrected chi connectivity index (χ1v) is 7.94. The molecule has 6 heteroatoms. The number of rotatable bonds is 3. The molecule has 3 heterocycles. The van der Waals surface area contributed by atoms with E-state index in [-0.39, 0.29) is 17.0 Å². The summed E-state index contributed by atoms with van der Waals surface area (Å²) in [4.78, 5) is 17.0. The van der Waals surface area contributed by atoms with Crippen molar-refractivity contribution in [1.82, 2.24) is 4.98 Å². The second-order valence-electron chi connectivity index (χ2n) is 5.67. The molecule has 0 unspecified atom stereocenters. The number of carbonyl (C=O) groups excluding carboxylic acids is 1. The van der Waals surface area contributed by atoms with Gasteiger partial charge >= 0.3 is 5.97 Å². The quantitative estimate of drug-likeness (QED) is 0.448. The third-order valence-corrected chi connectivity index (χ3v) is 4.09. The maximum absolute atomic E-state index is 12.4. The molecule has 0 radical (unpaired) electrons. The molecule has 1 aromatic carbocycles. The van der Waals surface area contributed by atoms with E-state index in [4.69, 9.17) is 9.47 Å². The van der Waals surface area contributed by atoms with Crippen molar-refractivity contribution in [2.45, 2.75) is 20.1 Å². The lowest BCUT2D eigenvalue weighted by molar-refractivity contribution is -0.596. The fraction of sp³-hybridized carbons (Fsp3) is 0.211. The van der Waals surface area contributed by atoms with Crippen molar-refractivity contribution in [3.05, 3.63) is 65.6 Å². The topological polar surface area (TPSA) is 52.3 Å². The minimum absolute atomic E-state index is 0. The molecule has 25 heavy (non-hydrogen) atoms. The van der Waals surface area contributed by atoms with Crippen molar-refractivity contribution in [2.75, 3.05) is 6.61 Å². The highest BCUT2D eigenvalue weighted by molar-refractivity contribution is 5.95. The summed E-state index contributed by atoms with van der Waals surface area (Å²) in [5.41, 5.74) is 4.12. The molecule has 128 valence electrons. The van der Waals surface area contributed by atoms with Gasteiger partial charge in [0.25, 0.3) is 0 Å². The lowest BCUT2D eigenvalue weighted by Gasteiger charge is -2.07. The SMILES string of the molecule is CCOC(=O)c1nc2cc3c(cc2cc1-[n+]1ccccc1)COC3.[Br-]. The number of nitrogens with zero attached hydrogens (tertiary/aromatic N) is 2. The molecule has 0 bridgehead atoms. The highest BCUT2D eigenvalue weighted by atomic mass is 79.9. The van der Waals surface area contributed by atoms with Gasteiger partial charge in [-0.3, -0.25) is 0 Å². The molecule has 2 aromatic heterocycles. The van der Waals surface area contributed by atoms with Crippen LogP contribution in [0.4, 0.5) is 0 Å². The number of pyridine rings is 2. The normalized spacial score (nSPS) is 12.5. The second-order valence-corrected chi connectivity index (χ2v) is 5.67. The van der Waals surface area contributed by atoms with Gasteiger partial charge in [0.1, 0.15) is 0 Å². The van der Waals surface area contributed by atoms with Crippen LogP contribution in [-0.2, 0) is 22.7 Å². The zero-order valence-electron chi connectivity index (χ0n) is 13.7. The fourth-order valence-corrected chi connectivity index (χ4v) is 2.95. The first kappa shape index (κ1) is 17.5. The van der Waals surface area contributed by atoms with Gasteiger partial charge in [-0.2, -0.15) is 4.57 Å². The number of carbonyl (C=O) groups is 1. The largest absolute Gasteiger partial charge is 1.00 e. The molecule has 0 saturated heterocycles. The van der Waals surface area contributed by atoms with Crippen LogP contribution in [0.2, 0.25) is 0 Å². The summed E-state index contributed by atoms with van der Waals surface area (Å²) in [6.07, 6.45) is 3.78. The van der Waals surface area contributed by atoms with Crippen LogP contribution in [0.25, 0.3) is 16.6 Å². The summed E-state index contributed by atoms with van der Waals surface area (Å²) in [6, 6.07) is 11.8. The average molecular weight is 401 g/mol. The number of benzene rings is 1. The smallest absolute Gasteiger partial charge is 0.363 e. The van der Waals surface area contributed by atoms with E-state index in [1.807, 2.05) is 47.3 Å². The summed E-state index contributed by atoms with van der Waals surface area (Å²) in [5.74, 6) is -0.414. The lowest BCUT2D eigenvalue weighted by Crippen LogP contribution is -3.00. The Kier molecular flexibility index (Phi) is 5.11. The zero-order chi connectivity index (χ0) is 16.5. The van der Waals surface area contributed by atoms with Gasteiger partial charge in [-0.15, -0.1) is 0 Å². The molecule has 1 aliphatic heterocycles. The number of esters is 1. The molecule has 5 nitrogen and oxygen atoms in total. The molecule has 0 atom stereocenters. The second kappa shape index (κ2) is 7.29. The molecule has 4 rings (SSSR count). The highest BCUT2D eigenvalue weighted by Crippen LogP contribution is 2.26. The van der Waals surface area contributed by atoms with E-state index in [9.17, 15) is 4.79 Å². The maximum Gasteiger partial charge on any atom is 0.363 e. The molecule has 0 aliphatic carbocycles. The van der Waals surface area contributed by atoms with Gasteiger partial charge in [-0.05, 0) is 30.2 Å². The van der Waals surface area contributed by atoms with Gasteiger partial charge in [0.05, 0.1) is 25.3 Å². The van der Waals surface area contributed by atoms with E-state index in [2.05, 4.69) is 11.1 Å². The number of fused-ring (bicyclic) bond motifs is 2. The number of aromatic nitrogens is 2. The Labute approximate surface area is 156 Å². The third kappa shape index (κ3) is 3.27. The predicted molar refractivity (Wildman–Crippen MR) is 87.7 cm³/mol. The summed E-state index contributed by atoms with van der Waals surface area (Å²) in [7, 11) is 0. The average Bonchev–Trinajstić information content (AvgIpc) is 3.06. The first-order chi connectivity index (χ1) is 11.8. The van der Waals surface area contributed by atoms with Crippen LogP contribution in [-0.4, -0.2) is 17.6 Å². The monoisotopic (exact) mass is 400 g/mol.